The molecule has 0 aromatic heterocycles. The summed E-state index contributed by atoms with van der Waals surface area (Å²) in [6, 6.07) is 7.19. The van der Waals surface area contributed by atoms with E-state index < -0.39 is 0 Å². The van der Waals surface area contributed by atoms with Crippen LogP contribution in [0.25, 0.3) is 0 Å². The molecule has 0 saturated heterocycles. The highest BCUT2D eigenvalue weighted by Gasteiger charge is 2.24. The summed E-state index contributed by atoms with van der Waals surface area (Å²) < 4.78 is 10.3. The van der Waals surface area contributed by atoms with E-state index in [4.69, 9.17) is 9.47 Å². The molecule has 0 heterocycles. The van der Waals surface area contributed by atoms with E-state index in [1.807, 2.05) is 30.3 Å². The summed E-state index contributed by atoms with van der Waals surface area (Å²) in [4.78, 5) is 23.8. The summed E-state index contributed by atoms with van der Waals surface area (Å²) in [5, 5.41) is 3.34. The smallest absolute Gasteiger partial charge is 0.307 e. The lowest BCUT2D eigenvalue weighted by atomic mass is 9.92. The predicted molar refractivity (Wildman–Crippen MR) is 114 cm³/mol. The van der Waals surface area contributed by atoms with Crippen LogP contribution >= 0.6 is 0 Å². The SMILES string of the molecule is C=CCCCCCCC[C@@H](C=O)[C@H](CC(=O)OCC)Nc1ccc(OC)cc1. The molecular formula is C23H35NO4. The van der Waals surface area contributed by atoms with Gasteiger partial charge in [-0.05, 0) is 50.5 Å². The van der Waals surface area contributed by atoms with Gasteiger partial charge >= 0.3 is 5.97 Å². The second-order valence-electron chi connectivity index (χ2n) is 6.92. The first-order chi connectivity index (χ1) is 13.6. The lowest BCUT2D eigenvalue weighted by Gasteiger charge is -2.25. The van der Waals surface area contributed by atoms with Gasteiger partial charge in [0.05, 0.1) is 20.1 Å². The monoisotopic (exact) mass is 389 g/mol. The molecule has 0 saturated carbocycles. The van der Waals surface area contributed by atoms with Crippen LogP contribution in [0.15, 0.2) is 36.9 Å². The van der Waals surface area contributed by atoms with E-state index in [2.05, 4.69) is 11.9 Å². The van der Waals surface area contributed by atoms with Gasteiger partial charge in [-0.2, -0.15) is 0 Å². The van der Waals surface area contributed by atoms with E-state index in [9.17, 15) is 9.59 Å². The van der Waals surface area contributed by atoms with Crippen LogP contribution in [0.3, 0.4) is 0 Å². The number of nitrogens with one attached hydrogen (secondary N) is 1. The molecular weight excluding hydrogens is 354 g/mol. The first kappa shape index (κ1) is 23.7. The second kappa shape index (κ2) is 14.7. The van der Waals surface area contributed by atoms with Gasteiger partial charge in [-0.1, -0.05) is 31.8 Å². The number of allylic oxidation sites excluding steroid dienone is 1. The third-order valence-electron chi connectivity index (χ3n) is 4.77. The zero-order chi connectivity index (χ0) is 20.6. The van der Waals surface area contributed by atoms with E-state index in [0.717, 1.165) is 49.8 Å². The van der Waals surface area contributed by atoms with Crippen molar-refractivity contribution in [2.45, 2.75) is 64.3 Å². The van der Waals surface area contributed by atoms with Crippen LogP contribution in [0.2, 0.25) is 0 Å². The number of carbonyl (C=O) groups is 2. The Labute approximate surface area is 169 Å². The summed E-state index contributed by atoms with van der Waals surface area (Å²) >= 11 is 0. The van der Waals surface area contributed by atoms with Crippen LogP contribution in [-0.4, -0.2) is 32.0 Å². The number of hydrogen-bond acceptors (Lipinski definition) is 5. The third kappa shape index (κ3) is 9.58. The molecule has 0 aliphatic heterocycles. The molecule has 5 nitrogen and oxygen atoms in total. The molecule has 0 fully saturated rings. The molecule has 0 bridgehead atoms. The number of esters is 1. The number of benzene rings is 1. The van der Waals surface area contributed by atoms with Gasteiger partial charge in [0.25, 0.3) is 0 Å². The number of methoxy groups -OCH3 is 1. The highest BCUT2D eigenvalue weighted by atomic mass is 16.5. The minimum atomic E-state index is -0.287. The zero-order valence-electron chi connectivity index (χ0n) is 17.3. The Morgan fingerprint density at radius 1 is 1.14 bits per heavy atom. The van der Waals surface area contributed by atoms with Crippen LogP contribution < -0.4 is 10.1 Å². The molecule has 1 rings (SSSR count). The van der Waals surface area contributed by atoms with Gasteiger partial charge in [-0.15, -0.1) is 6.58 Å². The molecule has 0 spiro atoms. The summed E-state index contributed by atoms with van der Waals surface area (Å²) in [5.74, 6) is 0.236. The highest BCUT2D eigenvalue weighted by molar-refractivity contribution is 5.72. The topological polar surface area (TPSA) is 64.6 Å². The third-order valence-corrected chi connectivity index (χ3v) is 4.77. The molecule has 5 heteroatoms. The Morgan fingerprint density at radius 2 is 1.82 bits per heavy atom. The fourth-order valence-corrected chi connectivity index (χ4v) is 3.17. The first-order valence-electron chi connectivity index (χ1n) is 10.3. The number of carbonyl (C=O) groups excluding carboxylic acids is 2. The lowest BCUT2D eigenvalue weighted by Crippen LogP contribution is -2.33. The van der Waals surface area contributed by atoms with Gasteiger partial charge in [-0.3, -0.25) is 4.79 Å². The molecule has 28 heavy (non-hydrogen) atoms. The fraction of sp³-hybridized carbons (Fsp3) is 0.565. The largest absolute Gasteiger partial charge is 0.497 e. The van der Waals surface area contributed by atoms with Gasteiger partial charge < -0.3 is 19.6 Å². The Hall–Kier alpha value is -2.30. The molecule has 2 atom stereocenters. The molecule has 1 aromatic carbocycles. The maximum Gasteiger partial charge on any atom is 0.307 e. The molecule has 0 unspecified atom stereocenters. The van der Waals surface area contributed by atoms with Gasteiger partial charge in [-0.25, -0.2) is 0 Å². The van der Waals surface area contributed by atoms with Crippen LogP contribution in [0.1, 0.15) is 58.3 Å². The molecule has 0 radical (unpaired) electrons. The number of rotatable bonds is 16. The Morgan fingerprint density at radius 3 is 2.43 bits per heavy atom. The van der Waals surface area contributed by atoms with Crippen LogP contribution in [0.5, 0.6) is 5.75 Å². The fourth-order valence-electron chi connectivity index (χ4n) is 3.17. The number of aldehydes is 1. The van der Waals surface area contributed by atoms with E-state index >= 15 is 0 Å². The van der Waals surface area contributed by atoms with Crippen molar-refractivity contribution in [2.24, 2.45) is 5.92 Å². The van der Waals surface area contributed by atoms with Crippen molar-refractivity contribution < 1.29 is 19.1 Å². The van der Waals surface area contributed by atoms with Crippen molar-refractivity contribution in [3.63, 3.8) is 0 Å². The Bertz CT molecular complexity index is 570. The standard InChI is InChI=1S/C23H35NO4/c1-4-6-7-8-9-10-11-12-19(18-25)22(17-23(26)28-5-2)24-20-13-15-21(27-3)16-14-20/h4,13-16,18-19,22,24H,1,5-12,17H2,2-3H3/t19-,22-/m0/s1. The molecule has 1 aromatic rings. The van der Waals surface area contributed by atoms with Crippen LogP contribution in [0.4, 0.5) is 5.69 Å². The van der Waals surface area contributed by atoms with Crippen molar-refractivity contribution in [1.29, 1.82) is 0 Å². The van der Waals surface area contributed by atoms with Gasteiger partial charge in [0.1, 0.15) is 12.0 Å². The Kier molecular flexibility index (Phi) is 12.5. The maximum atomic E-state index is 12.0. The van der Waals surface area contributed by atoms with Crippen molar-refractivity contribution >= 4 is 17.9 Å². The number of hydrogen-bond donors (Lipinski definition) is 1. The van der Waals surface area contributed by atoms with E-state index in [0.29, 0.717) is 6.61 Å². The van der Waals surface area contributed by atoms with E-state index in [1.54, 1.807) is 14.0 Å². The molecule has 0 aliphatic rings. The molecule has 1 N–H and O–H groups in total. The average Bonchev–Trinajstić information content (AvgIpc) is 2.70. The van der Waals surface area contributed by atoms with Crippen LogP contribution in [-0.2, 0) is 14.3 Å². The summed E-state index contributed by atoms with van der Waals surface area (Å²) in [7, 11) is 1.62. The molecule has 156 valence electrons. The van der Waals surface area contributed by atoms with E-state index in [-0.39, 0.29) is 24.3 Å². The van der Waals surface area contributed by atoms with Crippen molar-refractivity contribution in [3.05, 3.63) is 36.9 Å². The number of anilines is 1. The average molecular weight is 390 g/mol. The second-order valence-corrected chi connectivity index (χ2v) is 6.92. The van der Waals surface area contributed by atoms with Crippen molar-refractivity contribution in [1.82, 2.24) is 0 Å². The summed E-state index contributed by atoms with van der Waals surface area (Å²) in [6.07, 6.45) is 10.5. The minimum Gasteiger partial charge on any atom is -0.497 e. The highest BCUT2D eigenvalue weighted by Crippen LogP contribution is 2.22. The van der Waals surface area contributed by atoms with Gasteiger partial charge in [0.2, 0.25) is 0 Å². The molecule has 0 aliphatic carbocycles. The zero-order valence-corrected chi connectivity index (χ0v) is 17.3. The van der Waals surface area contributed by atoms with Gasteiger partial charge in [0.15, 0.2) is 0 Å². The van der Waals surface area contributed by atoms with Crippen molar-refractivity contribution in [3.8, 4) is 5.75 Å². The summed E-state index contributed by atoms with van der Waals surface area (Å²) in [6.45, 7) is 5.86. The normalized spacial score (nSPS) is 12.6. The quantitative estimate of drug-likeness (QED) is 0.183. The molecule has 0 amide bonds. The van der Waals surface area contributed by atoms with Gasteiger partial charge in [0, 0.05) is 17.6 Å². The minimum absolute atomic E-state index is 0.169. The number of ether oxygens (including phenoxy) is 2. The van der Waals surface area contributed by atoms with Crippen LogP contribution in [0, 0.1) is 5.92 Å². The first-order valence-corrected chi connectivity index (χ1v) is 10.3. The lowest BCUT2D eigenvalue weighted by molar-refractivity contribution is -0.143. The maximum absolute atomic E-state index is 12.0. The Balaban J connectivity index is 2.64. The summed E-state index contributed by atoms with van der Waals surface area (Å²) in [5.41, 5.74) is 0.853. The predicted octanol–water partition coefficient (Wildman–Crippen LogP) is 5.16. The van der Waals surface area contributed by atoms with E-state index in [1.165, 1.54) is 12.8 Å². The van der Waals surface area contributed by atoms with Crippen molar-refractivity contribution in [2.75, 3.05) is 19.0 Å². The number of unbranched alkanes of at least 4 members (excludes halogenated alkanes) is 5.